The Labute approximate surface area is 119 Å². The number of nitrogens with one attached hydrogen (secondary N) is 1. The monoisotopic (exact) mass is 283 g/mol. The van der Waals surface area contributed by atoms with Gasteiger partial charge in [0.05, 0.1) is 13.7 Å². The lowest BCUT2D eigenvalue weighted by Crippen LogP contribution is -2.25. The van der Waals surface area contributed by atoms with Crippen LogP contribution in [-0.4, -0.2) is 31.9 Å². The number of carbonyl (C=O) groups excluding carboxylic acids is 1. The van der Waals surface area contributed by atoms with Crippen LogP contribution >= 0.6 is 12.6 Å². The van der Waals surface area contributed by atoms with Gasteiger partial charge >= 0.3 is 0 Å². The Morgan fingerprint density at radius 1 is 1.37 bits per heavy atom. The average Bonchev–Trinajstić information content (AvgIpc) is 2.44. The Hall–Kier alpha value is -1.36. The lowest BCUT2D eigenvalue weighted by Gasteiger charge is -2.11. The standard InChI is InChI=1S/C14H21NO3S/c1-3-18-12-6-4-11(10-13(12)17-2)5-7-14(16)15-8-9-19/h4,6,10,19H,3,5,7-9H2,1-2H3,(H,15,16). The molecule has 0 saturated heterocycles. The molecule has 0 radical (unpaired) electrons. The van der Waals surface area contributed by atoms with E-state index in [2.05, 4.69) is 17.9 Å². The smallest absolute Gasteiger partial charge is 0.220 e. The lowest BCUT2D eigenvalue weighted by molar-refractivity contribution is -0.120. The van der Waals surface area contributed by atoms with E-state index in [-0.39, 0.29) is 5.91 Å². The maximum atomic E-state index is 11.5. The highest BCUT2D eigenvalue weighted by Crippen LogP contribution is 2.28. The van der Waals surface area contributed by atoms with Gasteiger partial charge in [0, 0.05) is 18.7 Å². The average molecular weight is 283 g/mol. The van der Waals surface area contributed by atoms with Crippen molar-refractivity contribution in [2.24, 2.45) is 0 Å². The molecule has 19 heavy (non-hydrogen) atoms. The van der Waals surface area contributed by atoms with E-state index in [4.69, 9.17) is 9.47 Å². The molecule has 0 spiro atoms. The summed E-state index contributed by atoms with van der Waals surface area (Å²) in [5, 5.41) is 2.79. The first-order valence-electron chi connectivity index (χ1n) is 6.38. The van der Waals surface area contributed by atoms with Gasteiger partial charge in [-0.25, -0.2) is 0 Å². The summed E-state index contributed by atoms with van der Waals surface area (Å²) in [5.41, 5.74) is 1.06. The van der Waals surface area contributed by atoms with Crippen LogP contribution in [0.15, 0.2) is 18.2 Å². The van der Waals surface area contributed by atoms with Crippen LogP contribution in [0.3, 0.4) is 0 Å². The predicted octanol–water partition coefficient (Wildman–Crippen LogP) is 2.07. The van der Waals surface area contributed by atoms with Crippen molar-refractivity contribution in [3.63, 3.8) is 0 Å². The molecular weight excluding hydrogens is 262 g/mol. The minimum absolute atomic E-state index is 0.0434. The van der Waals surface area contributed by atoms with Crippen LogP contribution in [0.5, 0.6) is 11.5 Å². The summed E-state index contributed by atoms with van der Waals surface area (Å²) in [6.45, 7) is 3.13. The molecule has 0 fully saturated rings. The van der Waals surface area contributed by atoms with Gasteiger partial charge in [-0.15, -0.1) is 0 Å². The molecule has 1 aromatic rings. The van der Waals surface area contributed by atoms with Crippen molar-refractivity contribution in [3.8, 4) is 11.5 Å². The molecule has 0 aliphatic heterocycles. The summed E-state index contributed by atoms with van der Waals surface area (Å²) < 4.78 is 10.7. The van der Waals surface area contributed by atoms with Crippen molar-refractivity contribution in [1.82, 2.24) is 5.32 Å². The van der Waals surface area contributed by atoms with Crippen LogP contribution < -0.4 is 14.8 Å². The number of hydrogen-bond donors (Lipinski definition) is 2. The maximum Gasteiger partial charge on any atom is 0.220 e. The molecule has 5 heteroatoms. The van der Waals surface area contributed by atoms with Crippen LogP contribution in [0.25, 0.3) is 0 Å². The molecule has 0 aliphatic carbocycles. The zero-order chi connectivity index (χ0) is 14.1. The van der Waals surface area contributed by atoms with E-state index in [0.717, 1.165) is 11.3 Å². The Kier molecular flexibility index (Phi) is 7.18. The second-order valence-electron chi connectivity index (χ2n) is 3.99. The van der Waals surface area contributed by atoms with E-state index in [9.17, 15) is 4.79 Å². The van der Waals surface area contributed by atoms with Crippen molar-refractivity contribution in [1.29, 1.82) is 0 Å². The van der Waals surface area contributed by atoms with Crippen LogP contribution in [0.1, 0.15) is 18.9 Å². The molecule has 1 aromatic carbocycles. The highest BCUT2D eigenvalue weighted by Gasteiger charge is 2.07. The van der Waals surface area contributed by atoms with Crippen molar-refractivity contribution in [2.45, 2.75) is 19.8 Å². The van der Waals surface area contributed by atoms with Gasteiger partial charge < -0.3 is 14.8 Å². The highest BCUT2D eigenvalue weighted by molar-refractivity contribution is 7.80. The number of hydrogen-bond acceptors (Lipinski definition) is 4. The zero-order valence-corrected chi connectivity index (χ0v) is 12.3. The van der Waals surface area contributed by atoms with Crippen molar-refractivity contribution in [2.75, 3.05) is 26.0 Å². The fourth-order valence-corrected chi connectivity index (χ4v) is 1.80. The first-order chi connectivity index (χ1) is 9.21. The van der Waals surface area contributed by atoms with E-state index in [1.54, 1.807) is 7.11 Å². The molecule has 0 heterocycles. The normalized spacial score (nSPS) is 10.1. The third kappa shape index (κ3) is 5.42. The van der Waals surface area contributed by atoms with Crippen molar-refractivity contribution < 1.29 is 14.3 Å². The molecule has 0 bridgehead atoms. The predicted molar refractivity (Wildman–Crippen MR) is 79.3 cm³/mol. The molecule has 106 valence electrons. The lowest BCUT2D eigenvalue weighted by atomic mass is 10.1. The molecule has 0 aromatic heterocycles. The number of methoxy groups -OCH3 is 1. The maximum absolute atomic E-state index is 11.5. The third-order valence-corrected chi connectivity index (χ3v) is 2.83. The number of ether oxygens (including phenoxy) is 2. The molecule has 0 aliphatic rings. The summed E-state index contributed by atoms with van der Waals surface area (Å²) in [5.74, 6) is 2.13. The number of carbonyl (C=O) groups is 1. The Morgan fingerprint density at radius 2 is 2.16 bits per heavy atom. The van der Waals surface area contributed by atoms with Gasteiger partial charge in [0.25, 0.3) is 0 Å². The molecule has 0 saturated carbocycles. The number of rotatable bonds is 8. The van der Waals surface area contributed by atoms with Crippen LogP contribution in [0.2, 0.25) is 0 Å². The Bertz CT molecular complexity index is 410. The Morgan fingerprint density at radius 3 is 2.79 bits per heavy atom. The van der Waals surface area contributed by atoms with Gasteiger partial charge in [-0.3, -0.25) is 4.79 Å². The summed E-state index contributed by atoms with van der Waals surface area (Å²) >= 11 is 4.05. The van der Waals surface area contributed by atoms with E-state index < -0.39 is 0 Å². The van der Waals surface area contributed by atoms with Gasteiger partial charge in [-0.2, -0.15) is 12.6 Å². The van der Waals surface area contributed by atoms with Crippen molar-refractivity contribution >= 4 is 18.5 Å². The highest BCUT2D eigenvalue weighted by atomic mass is 32.1. The van der Waals surface area contributed by atoms with Crippen LogP contribution in [0.4, 0.5) is 0 Å². The quantitative estimate of drug-likeness (QED) is 0.718. The number of aryl methyl sites for hydroxylation is 1. The summed E-state index contributed by atoms with van der Waals surface area (Å²) in [6.07, 6.45) is 1.14. The van der Waals surface area contributed by atoms with Gasteiger partial charge in [0.1, 0.15) is 0 Å². The van der Waals surface area contributed by atoms with Crippen LogP contribution in [0, 0.1) is 0 Å². The first-order valence-corrected chi connectivity index (χ1v) is 7.01. The van der Waals surface area contributed by atoms with Crippen LogP contribution in [-0.2, 0) is 11.2 Å². The molecule has 0 unspecified atom stereocenters. The van der Waals surface area contributed by atoms with E-state index in [1.807, 2.05) is 25.1 Å². The number of benzene rings is 1. The fourth-order valence-electron chi connectivity index (χ4n) is 1.68. The van der Waals surface area contributed by atoms with Crippen molar-refractivity contribution in [3.05, 3.63) is 23.8 Å². The molecule has 4 nitrogen and oxygen atoms in total. The summed E-state index contributed by atoms with van der Waals surface area (Å²) in [7, 11) is 1.61. The van der Waals surface area contributed by atoms with Gasteiger partial charge in [-0.1, -0.05) is 6.07 Å². The second kappa shape index (κ2) is 8.69. The molecular formula is C14H21NO3S. The third-order valence-electron chi connectivity index (χ3n) is 2.60. The van der Waals surface area contributed by atoms with Gasteiger partial charge in [0.2, 0.25) is 5.91 Å². The molecule has 0 atom stereocenters. The van der Waals surface area contributed by atoms with Gasteiger partial charge in [-0.05, 0) is 31.0 Å². The molecule has 1 rings (SSSR count). The van der Waals surface area contributed by atoms with E-state index in [1.165, 1.54) is 0 Å². The van der Waals surface area contributed by atoms with Gasteiger partial charge in [0.15, 0.2) is 11.5 Å². The minimum Gasteiger partial charge on any atom is -0.493 e. The summed E-state index contributed by atoms with van der Waals surface area (Å²) in [6, 6.07) is 5.75. The zero-order valence-electron chi connectivity index (χ0n) is 11.4. The number of amides is 1. The van der Waals surface area contributed by atoms with E-state index in [0.29, 0.717) is 37.5 Å². The SMILES string of the molecule is CCOc1ccc(CCC(=O)NCCS)cc1OC. The summed E-state index contributed by atoms with van der Waals surface area (Å²) in [4.78, 5) is 11.5. The minimum atomic E-state index is 0.0434. The molecule has 1 N–H and O–H groups in total. The molecule has 1 amide bonds. The Balaban J connectivity index is 2.57. The fraction of sp³-hybridized carbons (Fsp3) is 0.500. The topological polar surface area (TPSA) is 47.6 Å². The van der Waals surface area contributed by atoms with E-state index >= 15 is 0 Å². The first kappa shape index (κ1) is 15.7. The largest absolute Gasteiger partial charge is 0.493 e. The number of thiol groups is 1. The second-order valence-corrected chi connectivity index (χ2v) is 4.44.